The van der Waals surface area contributed by atoms with Gasteiger partial charge in [0, 0.05) is 12.3 Å². The number of halogens is 2. The first-order valence-corrected chi connectivity index (χ1v) is 10.2. The number of aromatic nitrogens is 2. The molecule has 0 N–H and O–H groups in total. The first kappa shape index (κ1) is 20.4. The van der Waals surface area contributed by atoms with Crippen LogP contribution in [-0.4, -0.2) is 22.4 Å². The van der Waals surface area contributed by atoms with Gasteiger partial charge in [0.05, 0.1) is 22.9 Å². The number of methoxy groups -OCH3 is 1. The minimum Gasteiger partial charge on any atom is -0.496 e. The Morgan fingerprint density at radius 3 is 2.79 bits per heavy atom. The zero-order chi connectivity index (χ0) is 20.1. The van der Waals surface area contributed by atoms with Crippen molar-refractivity contribution in [3.05, 3.63) is 71.0 Å². The van der Waals surface area contributed by atoms with Gasteiger partial charge >= 0.3 is 0 Å². The molecule has 0 aliphatic rings. The summed E-state index contributed by atoms with van der Waals surface area (Å²) in [5.41, 5.74) is 1.40. The maximum absolute atomic E-state index is 12.8. The fraction of sp³-hybridized carbons (Fsp3) is 0.200. The largest absolute Gasteiger partial charge is 0.496 e. The average Bonchev–Trinajstić information content (AvgIpc) is 2.69. The molecule has 146 valence electrons. The molecule has 0 fully saturated rings. The number of alkyl halides is 2. The van der Waals surface area contributed by atoms with E-state index >= 15 is 0 Å². The van der Waals surface area contributed by atoms with Crippen molar-refractivity contribution in [1.82, 2.24) is 9.55 Å². The predicted octanol–water partition coefficient (Wildman–Crippen LogP) is 5.20. The number of allylic oxidation sites excluding steroid dienone is 1. The Morgan fingerprint density at radius 2 is 2.07 bits per heavy atom. The quantitative estimate of drug-likeness (QED) is 0.285. The van der Waals surface area contributed by atoms with E-state index in [1.165, 1.54) is 18.9 Å². The molecule has 0 amide bonds. The minimum absolute atomic E-state index is 0.116. The summed E-state index contributed by atoms with van der Waals surface area (Å²) in [6.07, 6.45) is 1.65. The Labute approximate surface area is 169 Å². The van der Waals surface area contributed by atoms with Crippen LogP contribution in [0.4, 0.5) is 8.78 Å². The third kappa shape index (κ3) is 4.56. The first-order valence-electron chi connectivity index (χ1n) is 8.38. The normalized spacial score (nSPS) is 11.1. The highest BCUT2D eigenvalue weighted by molar-refractivity contribution is 7.99. The van der Waals surface area contributed by atoms with Crippen LogP contribution in [0.3, 0.4) is 0 Å². The van der Waals surface area contributed by atoms with E-state index in [4.69, 9.17) is 4.74 Å². The molecular formula is C20H18F2N2O2S2. The predicted molar refractivity (Wildman–Crippen MR) is 111 cm³/mol. The van der Waals surface area contributed by atoms with Gasteiger partial charge in [-0.2, -0.15) is 8.78 Å². The number of rotatable bonds is 8. The smallest absolute Gasteiger partial charge is 0.289 e. The van der Waals surface area contributed by atoms with Crippen molar-refractivity contribution >= 4 is 34.4 Å². The van der Waals surface area contributed by atoms with E-state index in [2.05, 4.69) is 11.6 Å². The van der Waals surface area contributed by atoms with Gasteiger partial charge in [0.2, 0.25) is 0 Å². The summed E-state index contributed by atoms with van der Waals surface area (Å²) in [4.78, 5) is 17.8. The van der Waals surface area contributed by atoms with Gasteiger partial charge in [0.25, 0.3) is 11.3 Å². The monoisotopic (exact) mass is 420 g/mol. The molecule has 0 aliphatic carbocycles. The molecule has 8 heteroatoms. The number of ether oxygens (including phenoxy) is 1. The van der Waals surface area contributed by atoms with Crippen LogP contribution in [0.25, 0.3) is 10.9 Å². The highest BCUT2D eigenvalue weighted by Crippen LogP contribution is 2.35. The van der Waals surface area contributed by atoms with Crippen LogP contribution in [0.2, 0.25) is 0 Å². The molecule has 1 heterocycles. The summed E-state index contributed by atoms with van der Waals surface area (Å²) in [5.74, 6) is -1.60. The number of para-hydroxylation sites is 1. The molecule has 0 saturated heterocycles. The summed E-state index contributed by atoms with van der Waals surface area (Å²) in [5, 5.41) is 1.14. The second kappa shape index (κ2) is 9.25. The fourth-order valence-corrected chi connectivity index (χ4v) is 4.24. The molecule has 28 heavy (non-hydrogen) atoms. The van der Waals surface area contributed by atoms with Crippen LogP contribution < -0.4 is 10.3 Å². The SMILES string of the molecule is C=CCn1c(SCc2ccc(SC(F)F)c(OC)c2)nc2ccccc2c1=O. The Morgan fingerprint density at radius 1 is 1.29 bits per heavy atom. The van der Waals surface area contributed by atoms with Crippen molar-refractivity contribution in [3.8, 4) is 5.75 Å². The van der Waals surface area contributed by atoms with Crippen LogP contribution in [0.1, 0.15) is 5.56 Å². The molecule has 3 aromatic rings. The van der Waals surface area contributed by atoms with Crippen LogP contribution in [0, 0.1) is 0 Å². The zero-order valence-electron chi connectivity index (χ0n) is 15.1. The van der Waals surface area contributed by atoms with Gasteiger partial charge in [-0.3, -0.25) is 9.36 Å². The van der Waals surface area contributed by atoms with Crippen LogP contribution >= 0.6 is 23.5 Å². The van der Waals surface area contributed by atoms with Crippen molar-refractivity contribution in [2.45, 2.75) is 28.1 Å². The summed E-state index contributed by atoms with van der Waals surface area (Å²) in [7, 11) is 1.45. The number of hydrogen-bond acceptors (Lipinski definition) is 5. The van der Waals surface area contributed by atoms with E-state index in [1.54, 1.807) is 41.0 Å². The van der Waals surface area contributed by atoms with Crippen LogP contribution in [0.5, 0.6) is 5.75 Å². The molecule has 0 bridgehead atoms. The second-order valence-electron chi connectivity index (χ2n) is 5.77. The molecule has 3 rings (SSSR count). The van der Waals surface area contributed by atoms with E-state index in [1.807, 2.05) is 12.1 Å². The van der Waals surface area contributed by atoms with Gasteiger partial charge in [-0.15, -0.1) is 6.58 Å². The van der Waals surface area contributed by atoms with Crippen molar-refractivity contribution in [3.63, 3.8) is 0 Å². The molecule has 1 aromatic heterocycles. The number of hydrogen-bond donors (Lipinski definition) is 0. The number of fused-ring (bicyclic) bond motifs is 1. The molecular weight excluding hydrogens is 402 g/mol. The fourth-order valence-electron chi connectivity index (χ4n) is 2.69. The summed E-state index contributed by atoms with van der Waals surface area (Å²) in [6, 6.07) is 12.3. The summed E-state index contributed by atoms with van der Waals surface area (Å²) in [6.45, 7) is 4.07. The lowest BCUT2D eigenvalue weighted by atomic mass is 10.2. The molecule has 0 spiro atoms. The first-order chi connectivity index (χ1) is 13.5. The summed E-state index contributed by atoms with van der Waals surface area (Å²) < 4.78 is 32.1. The van der Waals surface area contributed by atoms with Crippen molar-refractivity contribution in [2.75, 3.05) is 7.11 Å². The maximum Gasteiger partial charge on any atom is 0.289 e. The van der Waals surface area contributed by atoms with E-state index < -0.39 is 5.76 Å². The number of benzene rings is 2. The van der Waals surface area contributed by atoms with Gasteiger partial charge in [-0.25, -0.2) is 4.98 Å². The Balaban J connectivity index is 1.90. The van der Waals surface area contributed by atoms with E-state index in [9.17, 15) is 13.6 Å². The van der Waals surface area contributed by atoms with Crippen LogP contribution in [0.15, 0.2) is 70.0 Å². The summed E-state index contributed by atoms with van der Waals surface area (Å²) >= 11 is 1.85. The Kier molecular flexibility index (Phi) is 6.74. The molecule has 0 radical (unpaired) electrons. The third-order valence-corrected chi connectivity index (χ3v) is 5.77. The van der Waals surface area contributed by atoms with E-state index in [0.717, 1.165) is 5.56 Å². The van der Waals surface area contributed by atoms with Gasteiger partial charge < -0.3 is 4.74 Å². The molecule has 4 nitrogen and oxygen atoms in total. The highest BCUT2D eigenvalue weighted by atomic mass is 32.2. The molecule has 0 unspecified atom stereocenters. The van der Waals surface area contributed by atoms with Gasteiger partial charge in [-0.1, -0.05) is 47.8 Å². The van der Waals surface area contributed by atoms with E-state index in [-0.39, 0.29) is 5.56 Å². The van der Waals surface area contributed by atoms with Gasteiger partial charge in [0.15, 0.2) is 5.16 Å². The lowest BCUT2D eigenvalue weighted by Crippen LogP contribution is -2.22. The topological polar surface area (TPSA) is 44.1 Å². The van der Waals surface area contributed by atoms with Crippen LogP contribution in [-0.2, 0) is 12.3 Å². The van der Waals surface area contributed by atoms with Gasteiger partial charge in [-0.05, 0) is 29.8 Å². The average molecular weight is 421 g/mol. The molecule has 0 saturated carbocycles. The minimum atomic E-state index is -2.51. The van der Waals surface area contributed by atoms with Crippen molar-refractivity contribution in [2.24, 2.45) is 0 Å². The zero-order valence-corrected chi connectivity index (χ0v) is 16.7. The number of thioether (sulfide) groups is 2. The van der Waals surface area contributed by atoms with Crippen molar-refractivity contribution in [1.29, 1.82) is 0 Å². The lowest BCUT2D eigenvalue weighted by molar-refractivity contribution is 0.251. The van der Waals surface area contributed by atoms with Crippen molar-refractivity contribution < 1.29 is 13.5 Å². The third-order valence-electron chi connectivity index (χ3n) is 3.95. The van der Waals surface area contributed by atoms with Gasteiger partial charge in [0.1, 0.15) is 5.75 Å². The standard InChI is InChI=1S/C20H18F2N2O2S2/c1-3-10-24-18(25)14-6-4-5-7-15(14)23-20(24)27-12-13-8-9-17(28-19(21)22)16(11-13)26-2/h3-9,11,19H,1,10,12H2,2H3. The Hall–Kier alpha value is -2.32. The maximum atomic E-state index is 12.8. The highest BCUT2D eigenvalue weighted by Gasteiger charge is 2.13. The molecule has 2 aromatic carbocycles. The molecule has 0 atom stereocenters. The molecule has 0 aliphatic heterocycles. The van der Waals surface area contributed by atoms with E-state index in [0.29, 0.717) is 50.8 Å². The number of nitrogens with zero attached hydrogens (tertiary/aromatic N) is 2. The lowest BCUT2D eigenvalue weighted by Gasteiger charge is -2.13. The Bertz CT molecular complexity index is 1050. The second-order valence-corrected chi connectivity index (χ2v) is 7.74.